The summed E-state index contributed by atoms with van der Waals surface area (Å²) in [7, 11) is 0. The SMILES string of the molecule is CCCc1c(NCC)ncnc1SC(C)CO. The average Bonchev–Trinajstić information content (AvgIpc) is 2.33. The molecule has 0 saturated heterocycles. The first-order chi connectivity index (χ1) is 8.22. The number of aliphatic hydroxyl groups is 1. The van der Waals surface area contributed by atoms with Crippen molar-refractivity contribution in [3.8, 4) is 0 Å². The molecule has 17 heavy (non-hydrogen) atoms. The molecule has 0 aliphatic heterocycles. The van der Waals surface area contributed by atoms with Crippen LogP contribution in [0.25, 0.3) is 0 Å². The number of nitrogens with one attached hydrogen (secondary N) is 1. The van der Waals surface area contributed by atoms with Gasteiger partial charge < -0.3 is 10.4 Å². The molecule has 0 bridgehead atoms. The molecule has 0 aliphatic carbocycles. The summed E-state index contributed by atoms with van der Waals surface area (Å²) in [6.45, 7) is 7.22. The Balaban J connectivity index is 2.96. The molecule has 2 N–H and O–H groups in total. The van der Waals surface area contributed by atoms with E-state index in [0.29, 0.717) is 0 Å². The molecule has 0 amide bonds. The highest BCUT2D eigenvalue weighted by atomic mass is 32.2. The fourth-order valence-electron chi connectivity index (χ4n) is 1.52. The van der Waals surface area contributed by atoms with Crippen molar-refractivity contribution < 1.29 is 5.11 Å². The minimum Gasteiger partial charge on any atom is -0.395 e. The van der Waals surface area contributed by atoms with Crippen LogP contribution in [0.2, 0.25) is 0 Å². The molecule has 1 rings (SSSR count). The molecule has 0 saturated carbocycles. The van der Waals surface area contributed by atoms with Crippen LogP contribution in [-0.2, 0) is 6.42 Å². The van der Waals surface area contributed by atoms with Gasteiger partial charge in [0.1, 0.15) is 17.2 Å². The maximum atomic E-state index is 9.11. The summed E-state index contributed by atoms with van der Waals surface area (Å²) in [6.07, 6.45) is 3.61. The van der Waals surface area contributed by atoms with E-state index in [2.05, 4.69) is 29.1 Å². The van der Waals surface area contributed by atoms with Crippen LogP contribution in [0.5, 0.6) is 0 Å². The summed E-state index contributed by atoms with van der Waals surface area (Å²) in [5.74, 6) is 0.928. The molecule has 4 nitrogen and oxygen atoms in total. The molecule has 1 aromatic rings. The Morgan fingerprint density at radius 3 is 2.76 bits per heavy atom. The molecular formula is C12H21N3OS. The van der Waals surface area contributed by atoms with Gasteiger partial charge in [-0.15, -0.1) is 11.8 Å². The van der Waals surface area contributed by atoms with Crippen LogP contribution in [0.3, 0.4) is 0 Å². The van der Waals surface area contributed by atoms with Gasteiger partial charge in [0.2, 0.25) is 0 Å². The Morgan fingerprint density at radius 2 is 2.18 bits per heavy atom. The molecule has 1 heterocycles. The van der Waals surface area contributed by atoms with Gasteiger partial charge in [0.05, 0.1) is 6.61 Å². The fraction of sp³-hybridized carbons (Fsp3) is 0.667. The van der Waals surface area contributed by atoms with Crippen LogP contribution in [0.4, 0.5) is 5.82 Å². The maximum absolute atomic E-state index is 9.11. The van der Waals surface area contributed by atoms with Crippen LogP contribution in [0.1, 0.15) is 32.8 Å². The monoisotopic (exact) mass is 255 g/mol. The first-order valence-corrected chi connectivity index (χ1v) is 6.96. The third-order valence-electron chi connectivity index (χ3n) is 2.32. The van der Waals surface area contributed by atoms with Crippen molar-refractivity contribution >= 4 is 17.6 Å². The van der Waals surface area contributed by atoms with Crippen molar-refractivity contribution in [1.29, 1.82) is 0 Å². The van der Waals surface area contributed by atoms with Gasteiger partial charge in [0, 0.05) is 17.4 Å². The van der Waals surface area contributed by atoms with Gasteiger partial charge >= 0.3 is 0 Å². The van der Waals surface area contributed by atoms with Crippen molar-refractivity contribution in [2.24, 2.45) is 0 Å². The van der Waals surface area contributed by atoms with E-state index in [9.17, 15) is 0 Å². The second kappa shape index (κ2) is 7.50. The fourth-order valence-corrected chi connectivity index (χ4v) is 2.43. The normalized spacial score (nSPS) is 12.5. The van der Waals surface area contributed by atoms with E-state index in [-0.39, 0.29) is 11.9 Å². The molecule has 0 fully saturated rings. The summed E-state index contributed by atoms with van der Waals surface area (Å²) in [5.41, 5.74) is 1.17. The molecule has 1 unspecified atom stereocenters. The van der Waals surface area contributed by atoms with Crippen LogP contribution in [-0.4, -0.2) is 33.5 Å². The van der Waals surface area contributed by atoms with Crippen LogP contribution < -0.4 is 5.32 Å². The minimum atomic E-state index is 0.162. The molecule has 5 heteroatoms. The zero-order chi connectivity index (χ0) is 12.7. The lowest BCUT2D eigenvalue weighted by Crippen LogP contribution is -2.08. The van der Waals surface area contributed by atoms with Crippen molar-refractivity contribution in [3.05, 3.63) is 11.9 Å². The van der Waals surface area contributed by atoms with Gasteiger partial charge in [-0.1, -0.05) is 20.3 Å². The predicted octanol–water partition coefficient (Wildman–Crippen LogP) is 2.33. The zero-order valence-corrected chi connectivity index (χ0v) is 11.5. The molecule has 0 aliphatic rings. The summed E-state index contributed by atoms with van der Waals surface area (Å²) in [4.78, 5) is 8.61. The Bertz CT molecular complexity index is 347. The zero-order valence-electron chi connectivity index (χ0n) is 10.7. The second-order valence-electron chi connectivity index (χ2n) is 3.90. The number of aromatic nitrogens is 2. The lowest BCUT2D eigenvalue weighted by Gasteiger charge is -2.14. The number of nitrogens with zero attached hydrogens (tertiary/aromatic N) is 2. The first-order valence-electron chi connectivity index (χ1n) is 6.08. The quantitative estimate of drug-likeness (QED) is 0.578. The van der Waals surface area contributed by atoms with E-state index >= 15 is 0 Å². The molecular weight excluding hydrogens is 234 g/mol. The van der Waals surface area contributed by atoms with Gasteiger partial charge in [-0.2, -0.15) is 0 Å². The number of aliphatic hydroxyl groups excluding tert-OH is 1. The van der Waals surface area contributed by atoms with E-state index in [4.69, 9.17) is 5.11 Å². The Hall–Kier alpha value is -0.810. The second-order valence-corrected chi connectivity index (χ2v) is 5.32. The Kier molecular flexibility index (Phi) is 6.29. The van der Waals surface area contributed by atoms with Crippen molar-refractivity contribution in [2.75, 3.05) is 18.5 Å². The van der Waals surface area contributed by atoms with E-state index < -0.39 is 0 Å². The number of rotatable bonds is 7. The number of hydrogen-bond donors (Lipinski definition) is 2. The van der Waals surface area contributed by atoms with Crippen LogP contribution in [0, 0.1) is 0 Å². The Labute approximate surface area is 107 Å². The summed E-state index contributed by atoms with van der Waals surface area (Å²) >= 11 is 1.61. The van der Waals surface area contributed by atoms with Gasteiger partial charge in [-0.25, -0.2) is 9.97 Å². The first kappa shape index (κ1) is 14.3. The molecule has 1 aromatic heterocycles. The van der Waals surface area contributed by atoms with Gasteiger partial charge in [0.25, 0.3) is 0 Å². The number of anilines is 1. The average molecular weight is 255 g/mol. The lowest BCUT2D eigenvalue weighted by molar-refractivity contribution is 0.300. The summed E-state index contributed by atoms with van der Waals surface area (Å²) in [6, 6.07) is 0. The van der Waals surface area contributed by atoms with Gasteiger partial charge in [0.15, 0.2) is 0 Å². The summed E-state index contributed by atoms with van der Waals surface area (Å²) < 4.78 is 0. The van der Waals surface area contributed by atoms with Crippen molar-refractivity contribution in [2.45, 2.75) is 43.9 Å². The highest BCUT2D eigenvalue weighted by Crippen LogP contribution is 2.28. The van der Waals surface area contributed by atoms with Crippen LogP contribution >= 0.6 is 11.8 Å². The van der Waals surface area contributed by atoms with E-state index in [1.165, 1.54) is 5.56 Å². The molecule has 96 valence electrons. The highest BCUT2D eigenvalue weighted by molar-refractivity contribution is 7.99. The molecule has 0 radical (unpaired) electrons. The van der Waals surface area contributed by atoms with E-state index in [1.807, 2.05) is 6.92 Å². The van der Waals surface area contributed by atoms with Crippen molar-refractivity contribution in [3.63, 3.8) is 0 Å². The summed E-state index contributed by atoms with van der Waals surface area (Å²) in [5, 5.41) is 13.5. The van der Waals surface area contributed by atoms with Gasteiger partial charge in [-0.3, -0.25) is 0 Å². The van der Waals surface area contributed by atoms with E-state index in [1.54, 1.807) is 18.1 Å². The largest absolute Gasteiger partial charge is 0.395 e. The highest BCUT2D eigenvalue weighted by Gasteiger charge is 2.13. The molecule has 0 spiro atoms. The minimum absolute atomic E-state index is 0.162. The molecule has 1 atom stereocenters. The van der Waals surface area contributed by atoms with Crippen molar-refractivity contribution in [1.82, 2.24) is 9.97 Å². The lowest BCUT2D eigenvalue weighted by atomic mass is 10.2. The maximum Gasteiger partial charge on any atom is 0.133 e. The predicted molar refractivity (Wildman–Crippen MR) is 72.6 cm³/mol. The number of hydrogen-bond acceptors (Lipinski definition) is 5. The Morgan fingerprint density at radius 1 is 1.41 bits per heavy atom. The van der Waals surface area contributed by atoms with E-state index in [0.717, 1.165) is 30.2 Å². The van der Waals surface area contributed by atoms with Gasteiger partial charge in [-0.05, 0) is 13.3 Å². The standard InChI is InChI=1S/C12H21N3OS/c1-4-6-10-11(13-5-2)14-8-15-12(10)17-9(3)7-16/h8-9,16H,4-7H2,1-3H3,(H,13,14,15). The number of thioether (sulfide) groups is 1. The smallest absolute Gasteiger partial charge is 0.133 e. The third kappa shape index (κ3) is 4.16. The molecule has 0 aromatic carbocycles. The topological polar surface area (TPSA) is 58.0 Å². The van der Waals surface area contributed by atoms with Crippen LogP contribution in [0.15, 0.2) is 11.4 Å². The third-order valence-corrected chi connectivity index (χ3v) is 3.45.